The van der Waals surface area contributed by atoms with Gasteiger partial charge in [-0.1, -0.05) is 6.07 Å². The predicted molar refractivity (Wildman–Crippen MR) is 93.2 cm³/mol. The minimum Gasteiger partial charge on any atom is -0.324 e. The second-order valence-electron chi connectivity index (χ2n) is 6.62. The molecule has 0 aliphatic carbocycles. The first-order valence-electron chi connectivity index (χ1n) is 8.55. The summed E-state index contributed by atoms with van der Waals surface area (Å²) in [5, 5.41) is 2.59. The summed E-state index contributed by atoms with van der Waals surface area (Å²) in [6, 6.07) is 9.21. The lowest BCUT2D eigenvalue weighted by atomic mass is 9.76. The fourth-order valence-corrected chi connectivity index (χ4v) is 3.22. The molecule has 0 radical (unpaired) electrons. The molecule has 2 heterocycles. The number of halogens is 4. The number of benzene rings is 1. The first-order chi connectivity index (χ1) is 12.8. The number of rotatable bonds is 3. The standard InChI is InChI=1S/C19H19F4N3O/c20-13-18(16-3-1-2-10-24-16)8-11-26(12-9-18)17(27)25-15-6-4-14(5-7-15)19(21,22)23/h1-7,10H,8-9,11-13H2,(H,25,27). The molecule has 0 saturated carbocycles. The lowest BCUT2D eigenvalue weighted by Crippen LogP contribution is -2.48. The van der Waals surface area contributed by atoms with Crippen molar-refractivity contribution in [3.63, 3.8) is 0 Å². The van der Waals surface area contributed by atoms with E-state index in [1.165, 1.54) is 17.0 Å². The fraction of sp³-hybridized carbons (Fsp3) is 0.368. The molecule has 0 bridgehead atoms. The Bertz CT molecular complexity index is 770. The van der Waals surface area contributed by atoms with E-state index in [1.54, 1.807) is 18.3 Å². The normalized spacial score (nSPS) is 16.8. The Morgan fingerprint density at radius 1 is 1.11 bits per heavy atom. The van der Waals surface area contributed by atoms with Gasteiger partial charge in [-0.15, -0.1) is 0 Å². The molecule has 4 nitrogen and oxygen atoms in total. The molecule has 2 aromatic rings. The average Bonchev–Trinajstić information content (AvgIpc) is 2.68. The van der Waals surface area contributed by atoms with Crippen LogP contribution in [0.3, 0.4) is 0 Å². The van der Waals surface area contributed by atoms with Gasteiger partial charge < -0.3 is 10.2 Å². The van der Waals surface area contributed by atoms with E-state index in [-0.39, 0.29) is 5.69 Å². The van der Waals surface area contributed by atoms with Crippen LogP contribution in [0.1, 0.15) is 24.1 Å². The van der Waals surface area contributed by atoms with Crippen LogP contribution in [0.2, 0.25) is 0 Å². The Morgan fingerprint density at radius 3 is 2.30 bits per heavy atom. The molecule has 0 unspecified atom stereocenters. The van der Waals surface area contributed by atoms with E-state index in [2.05, 4.69) is 10.3 Å². The molecule has 3 rings (SSSR count). The number of anilines is 1. The van der Waals surface area contributed by atoms with Gasteiger partial charge in [-0.25, -0.2) is 4.79 Å². The molecule has 1 aliphatic rings. The lowest BCUT2D eigenvalue weighted by molar-refractivity contribution is -0.137. The van der Waals surface area contributed by atoms with Gasteiger partial charge >= 0.3 is 12.2 Å². The topological polar surface area (TPSA) is 45.2 Å². The third-order valence-corrected chi connectivity index (χ3v) is 4.94. The summed E-state index contributed by atoms with van der Waals surface area (Å²) in [4.78, 5) is 18.2. The number of hydrogen-bond donors (Lipinski definition) is 1. The summed E-state index contributed by atoms with van der Waals surface area (Å²) >= 11 is 0. The maximum absolute atomic E-state index is 13.8. The van der Waals surface area contributed by atoms with Gasteiger partial charge in [-0.3, -0.25) is 9.37 Å². The Kier molecular flexibility index (Phi) is 5.34. The predicted octanol–water partition coefficient (Wildman–Crippen LogP) is 4.64. The Labute approximate surface area is 154 Å². The van der Waals surface area contributed by atoms with Crippen molar-refractivity contribution in [3.8, 4) is 0 Å². The van der Waals surface area contributed by atoms with E-state index in [0.717, 1.165) is 12.1 Å². The number of carbonyl (C=O) groups excluding carboxylic acids is 1. The molecule has 1 aromatic carbocycles. The van der Waals surface area contributed by atoms with Gasteiger partial charge in [0, 0.05) is 36.1 Å². The molecule has 27 heavy (non-hydrogen) atoms. The van der Waals surface area contributed by atoms with Gasteiger partial charge in [-0.05, 0) is 49.2 Å². The molecule has 0 atom stereocenters. The highest BCUT2D eigenvalue weighted by Gasteiger charge is 2.38. The number of piperidine rings is 1. The number of likely N-dealkylation sites (tertiary alicyclic amines) is 1. The van der Waals surface area contributed by atoms with Crippen molar-refractivity contribution in [1.82, 2.24) is 9.88 Å². The van der Waals surface area contributed by atoms with E-state index in [0.29, 0.717) is 31.6 Å². The van der Waals surface area contributed by atoms with Crippen LogP contribution < -0.4 is 5.32 Å². The van der Waals surface area contributed by atoms with Crippen molar-refractivity contribution in [2.75, 3.05) is 25.1 Å². The molecule has 1 aliphatic heterocycles. The zero-order valence-corrected chi connectivity index (χ0v) is 14.5. The van der Waals surface area contributed by atoms with E-state index < -0.39 is 29.9 Å². The van der Waals surface area contributed by atoms with Gasteiger partial charge in [0.15, 0.2) is 0 Å². The number of nitrogens with zero attached hydrogens (tertiary/aromatic N) is 2. The van der Waals surface area contributed by atoms with Gasteiger partial charge in [0.2, 0.25) is 0 Å². The number of pyridine rings is 1. The zero-order chi connectivity index (χ0) is 19.5. The van der Waals surface area contributed by atoms with Crippen molar-refractivity contribution in [2.24, 2.45) is 0 Å². The number of amides is 2. The molecular formula is C19H19F4N3O. The number of aromatic nitrogens is 1. The van der Waals surface area contributed by atoms with Crippen molar-refractivity contribution >= 4 is 11.7 Å². The molecule has 8 heteroatoms. The first kappa shape index (κ1) is 19.1. The molecular weight excluding hydrogens is 362 g/mol. The largest absolute Gasteiger partial charge is 0.416 e. The summed E-state index contributed by atoms with van der Waals surface area (Å²) in [6.07, 6.45) is -1.94. The van der Waals surface area contributed by atoms with E-state index in [9.17, 15) is 22.4 Å². The molecule has 1 saturated heterocycles. The molecule has 0 spiro atoms. The monoisotopic (exact) mass is 381 g/mol. The van der Waals surface area contributed by atoms with E-state index in [1.807, 2.05) is 6.07 Å². The number of urea groups is 1. The maximum Gasteiger partial charge on any atom is 0.416 e. The number of carbonyl (C=O) groups is 1. The van der Waals surface area contributed by atoms with Crippen LogP contribution in [-0.2, 0) is 11.6 Å². The summed E-state index contributed by atoms with van der Waals surface area (Å²) in [5.74, 6) is 0. The van der Waals surface area contributed by atoms with Crippen LogP contribution in [0.4, 0.5) is 28.0 Å². The van der Waals surface area contributed by atoms with Gasteiger partial charge in [0.25, 0.3) is 0 Å². The highest BCUT2D eigenvalue weighted by molar-refractivity contribution is 5.89. The summed E-state index contributed by atoms with van der Waals surface area (Å²) < 4.78 is 51.5. The van der Waals surface area contributed by atoms with Gasteiger partial charge in [0.05, 0.1) is 5.56 Å². The minimum absolute atomic E-state index is 0.278. The summed E-state index contributed by atoms with van der Waals surface area (Å²) in [5.41, 5.74) is -0.524. The Balaban J connectivity index is 1.61. The molecule has 2 amide bonds. The highest BCUT2D eigenvalue weighted by atomic mass is 19.4. The molecule has 1 fully saturated rings. The van der Waals surface area contributed by atoms with E-state index in [4.69, 9.17) is 0 Å². The quantitative estimate of drug-likeness (QED) is 0.788. The highest BCUT2D eigenvalue weighted by Crippen LogP contribution is 2.35. The molecule has 144 valence electrons. The van der Waals surface area contributed by atoms with Crippen LogP contribution in [-0.4, -0.2) is 35.7 Å². The third kappa shape index (κ3) is 4.20. The second kappa shape index (κ2) is 7.54. The van der Waals surface area contributed by atoms with Crippen molar-refractivity contribution < 1.29 is 22.4 Å². The van der Waals surface area contributed by atoms with Crippen molar-refractivity contribution in [2.45, 2.75) is 24.4 Å². The average molecular weight is 381 g/mol. The first-order valence-corrected chi connectivity index (χ1v) is 8.55. The summed E-state index contributed by atoms with van der Waals surface area (Å²) in [6.45, 7) is 0.123. The molecule has 1 N–H and O–H groups in total. The molecule has 1 aromatic heterocycles. The van der Waals surface area contributed by atoms with Crippen LogP contribution in [0.25, 0.3) is 0 Å². The number of hydrogen-bond acceptors (Lipinski definition) is 2. The van der Waals surface area contributed by atoms with Crippen molar-refractivity contribution in [1.29, 1.82) is 0 Å². The maximum atomic E-state index is 13.8. The van der Waals surface area contributed by atoms with Crippen molar-refractivity contribution in [3.05, 3.63) is 59.9 Å². The second-order valence-corrected chi connectivity index (χ2v) is 6.62. The number of alkyl halides is 4. The van der Waals surface area contributed by atoms with Gasteiger partial charge in [0.1, 0.15) is 6.67 Å². The Morgan fingerprint density at radius 2 is 1.78 bits per heavy atom. The number of nitrogens with one attached hydrogen (secondary N) is 1. The third-order valence-electron chi connectivity index (χ3n) is 4.94. The van der Waals surface area contributed by atoms with Crippen LogP contribution in [0, 0.1) is 0 Å². The van der Waals surface area contributed by atoms with Gasteiger partial charge in [-0.2, -0.15) is 13.2 Å². The minimum atomic E-state index is -4.42. The lowest BCUT2D eigenvalue weighted by Gasteiger charge is -2.39. The smallest absolute Gasteiger partial charge is 0.324 e. The van der Waals surface area contributed by atoms with Crippen LogP contribution >= 0.6 is 0 Å². The van der Waals surface area contributed by atoms with Crippen LogP contribution in [0.5, 0.6) is 0 Å². The fourth-order valence-electron chi connectivity index (χ4n) is 3.22. The SMILES string of the molecule is O=C(Nc1ccc(C(F)(F)F)cc1)N1CCC(CF)(c2ccccn2)CC1. The zero-order valence-electron chi connectivity index (χ0n) is 14.5. The Hall–Kier alpha value is -2.64. The van der Waals surface area contributed by atoms with Crippen LogP contribution in [0.15, 0.2) is 48.7 Å². The summed E-state index contributed by atoms with van der Waals surface area (Å²) in [7, 11) is 0. The van der Waals surface area contributed by atoms with E-state index >= 15 is 0 Å².